The molecule has 0 aliphatic heterocycles. The number of para-hydroxylation sites is 1. The summed E-state index contributed by atoms with van der Waals surface area (Å²) < 4.78 is 16.9. The summed E-state index contributed by atoms with van der Waals surface area (Å²) in [5.41, 5.74) is 7.16. The molecule has 4 heteroatoms. The van der Waals surface area contributed by atoms with Gasteiger partial charge in [-0.2, -0.15) is 0 Å². The monoisotopic (exact) mass is 267 g/mol. The second-order valence-corrected chi connectivity index (χ2v) is 4.51. The molecule has 1 aromatic carbocycles. The molecular weight excluding hydrogens is 242 g/mol. The van der Waals surface area contributed by atoms with Gasteiger partial charge in [-0.1, -0.05) is 18.2 Å². The second kappa shape index (κ2) is 8.15. The van der Waals surface area contributed by atoms with Crippen LogP contribution in [-0.4, -0.2) is 25.6 Å². The minimum atomic E-state index is -0.452. The Labute approximate surface area is 115 Å². The first kappa shape index (κ1) is 16.0. The third-order valence-electron chi connectivity index (χ3n) is 2.60. The van der Waals surface area contributed by atoms with Crippen molar-refractivity contribution in [2.45, 2.75) is 46.1 Å². The molecule has 1 rings (SSSR count). The normalized spacial score (nSPS) is 13.0. The quantitative estimate of drug-likeness (QED) is 0.736. The van der Waals surface area contributed by atoms with Gasteiger partial charge in [-0.3, -0.25) is 0 Å². The lowest BCUT2D eigenvalue weighted by Gasteiger charge is -2.25. The van der Waals surface area contributed by atoms with Crippen molar-refractivity contribution in [3.05, 3.63) is 29.8 Å². The van der Waals surface area contributed by atoms with Gasteiger partial charge >= 0.3 is 0 Å². The first-order chi connectivity index (χ1) is 9.10. The zero-order valence-corrected chi connectivity index (χ0v) is 12.3. The molecule has 0 aromatic heterocycles. The zero-order chi connectivity index (χ0) is 14.3. The van der Waals surface area contributed by atoms with Crippen LogP contribution in [0.5, 0.6) is 5.75 Å². The maximum absolute atomic E-state index is 6.26. The van der Waals surface area contributed by atoms with E-state index in [0.717, 1.165) is 11.3 Å². The number of benzene rings is 1. The summed E-state index contributed by atoms with van der Waals surface area (Å²) in [6.45, 7) is 8.96. The van der Waals surface area contributed by atoms with Crippen molar-refractivity contribution in [1.29, 1.82) is 0 Å². The van der Waals surface area contributed by atoms with Gasteiger partial charge in [0.15, 0.2) is 6.29 Å². The Balaban J connectivity index is 2.92. The van der Waals surface area contributed by atoms with Gasteiger partial charge < -0.3 is 19.9 Å². The van der Waals surface area contributed by atoms with Gasteiger partial charge in [0, 0.05) is 18.8 Å². The number of hydrogen-bond acceptors (Lipinski definition) is 4. The molecule has 0 fully saturated rings. The standard InChI is InChI=1S/C15H25NO3/c1-5-17-15(18-6-2)14(16)12-9-7-8-10-13(12)19-11(3)4/h7-11,14-15H,5-6,16H2,1-4H3. The molecule has 108 valence electrons. The average Bonchev–Trinajstić information content (AvgIpc) is 2.38. The first-order valence-corrected chi connectivity index (χ1v) is 6.84. The maximum atomic E-state index is 6.26. The first-order valence-electron chi connectivity index (χ1n) is 6.84. The summed E-state index contributed by atoms with van der Waals surface area (Å²) in [6.07, 6.45) is -0.349. The van der Waals surface area contributed by atoms with Gasteiger partial charge in [0.05, 0.1) is 12.1 Å². The van der Waals surface area contributed by atoms with Gasteiger partial charge in [-0.25, -0.2) is 0 Å². The summed E-state index contributed by atoms with van der Waals surface area (Å²) in [7, 11) is 0. The highest BCUT2D eigenvalue weighted by Crippen LogP contribution is 2.28. The largest absolute Gasteiger partial charge is 0.491 e. The van der Waals surface area contributed by atoms with Crippen LogP contribution in [0.25, 0.3) is 0 Å². The van der Waals surface area contributed by atoms with Crippen LogP contribution in [0, 0.1) is 0 Å². The molecule has 4 nitrogen and oxygen atoms in total. The van der Waals surface area contributed by atoms with Crippen molar-refractivity contribution in [1.82, 2.24) is 0 Å². The van der Waals surface area contributed by atoms with Crippen LogP contribution in [0.15, 0.2) is 24.3 Å². The van der Waals surface area contributed by atoms with E-state index in [4.69, 9.17) is 19.9 Å². The lowest BCUT2D eigenvalue weighted by Crippen LogP contribution is -2.32. The minimum Gasteiger partial charge on any atom is -0.491 e. The average molecular weight is 267 g/mol. The van der Waals surface area contributed by atoms with Crippen molar-refractivity contribution in [3.63, 3.8) is 0 Å². The van der Waals surface area contributed by atoms with Crippen LogP contribution < -0.4 is 10.5 Å². The minimum absolute atomic E-state index is 0.103. The molecule has 0 saturated carbocycles. The van der Waals surface area contributed by atoms with E-state index in [-0.39, 0.29) is 12.1 Å². The molecule has 0 aliphatic carbocycles. The second-order valence-electron chi connectivity index (χ2n) is 4.51. The molecule has 1 unspecified atom stereocenters. The number of hydrogen-bond donors (Lipinski definition) is 1. The van der Waals surface area contributed by atoms with E-state index in [1.807, 2.05) is 52.0 Å². The summed E-state index contributed by atoms with van der Waals surface area (Å²) >= 11 is 0. The lowest BCUT2D eigenvalue weighted by molar-refractivity contribution is -0.149. The van der Waals surface area contributed by atoms with E-state index in [1.54, 1.807) is 0 Å². The highest BCUT2D eigenvalue weighted by atomic mass is 16.7. The van der Waals surface area contributed by atoms with Crippen LogP contribution in [0.2, 0.25) is 0 Å². The number of nitrogens with two attached hydrogens (primary N) is 1. The number of rotatable bonds is 8. The summed E-state index contributed by atoms with van der Waals surface area (Å²) in [5, 5.41) is 0. The molecule has 1 aromatic rings. The van der Waals surface area contributed by atoms with Gasteiger partial charge in [0.2, 0.25) is 0 Å². The van der Waals surface area contributed by atoms with E-state index >= 15 is 0 Å². The van der Waals surface area contributed by atoms with E-state index in [9.17, 15) is 0 Å². The Morgan fingerprint density at radius 3 is 2.16 bits per heavy atom. The van der Waals surface area contributed by atoms with Gasteiger partial charge in [0.25, 0.3) is 0 Å². The van der Waals surface area contributed by atoms with Crippen LogP contribution in [0.4, 0.5) is 0 Å². The summed E-state index contributed by atoms with van der Waals surface area (Å²) in [6, 6.07) is 7.38. The molecule has 2 N–H and O–H groups in total. The molecule has 1 atom stereocenters. The van der Waals surface area contributed by atoms with E-state index < -0.39 is 6.29 Å². The van der Waals surface area contributed by atoms with E-state index in [0.29, 0.717) is 13.2 Å². The predicted octanol–water partition coefficient (Wildman–Crippen LogP) is 2.87. The molecular formula is C15H25NO3. The van der Waals surface area contributed by atoms with Crippen molar-refractivity contribution < 1.29 is 14.2 Å². The zero-order valence-electron chi connectivity index (χ0n) is 12.3. The van der Waals surface area contributed by atoms with Crippen molar-refractivity contribution in [2.24, 2.45) is 5.73 Å². The third-order valence-corrected chi connectivity index (χ3v) is 2.60. The van der Waals surface area contributed by atoms with Crippen molar-refractivity contribution in [2.75, 3.05) is 13.2 Å². The van der Waals surface area contributed by atoms with Gasteiger partial charge in [0.1, 0.15) is 5.75 Å². The van der Waals surface area contributed by atoms with E-state index in [1.165, 1.54) is 0 Å². The Hall–Kier alpha value is -1.10. The van der Waals surface area contributed by atoms with E-state index in [2.05, 4.69) is 0 Å². The molecule has 0 aliphatic rings. The molecule has 0 spiro atoms. The maximum Gasteiger partial charge on any atom is 0.176 e. The SMILES string of the molecule is CCOC(OCC)C(N)c1ccccc1OC(C)C. The Bertz CT molecular complexity index is 362. The van der Waals surface area contributed by atoms with Crippen LogP contribution in [0.3, 0.4) is 0 Å². The Morgan fingerprint density at radius 2 is 1.63 bits per heavy atom. The smallest absolute Gasteiger partial charge is 0.176 e. The van der Waals surface area contributed by atoms with Gasteiger partial charge in [-0.15, -0.1) is 0 Å². The summed E-state index contributed by atoms with van der Waals surface area (Å²) in [5.74, 6) is 0.786. The third kappa shape index (κ3) is 4.82. The van der Waals surface area contributed by atoms with Crippen LogP contribution >= 0.6 is 0 Å². The Morgan fingerprint density at radius 1 is 1.05 bits per heavy atom. The fourth-order valence-electron chi connectivity index (χ4n) is 1.85. The fraction of sp³-hybridized carbons (Fsp3) is 0.600. The molecule has 19 heavy (non-hydrogen) atoms. The predicted molar refractivity (Wildman–Crippen MR) is 76.2 cm³/mol. The topological polar surface area (TPSA) is 53.7 Å². The van der Waals surface area contributed by atoms with Gasteiger partial charge in [-0.05, 0) is 33.8 Å². The molecule has 0 heterocycles. The molecule has 0 saturated heterocycles. The van der Waals surface area contributed by atoms with Crippen molar-refractivity contribution >= 4 is 0 Å². The lowest BCUT2D eigenvalue weighted by atomic mass is 10.1. The van der Waals surface area contributed by atoms with Crippen LogP contribution in [0.1, 0.15) is 39.3 Å². The highest BCUT2D eigenvalue weighted by molar-refractivity contribution is 5.36. The fourth-order valence-corrected chi connectivity index (χ4v) is 1.85. The molecule has 0 amide bonds. The molecule has 0 bridgehead atoms. The molecule has 0 radical (unpaired) electrons. The number of ether oxygens (including phenoxy) is 3. The van der Waals surface area contributed by atoms with Crippen LogP contribution in [-0.2, 0) is 9.47 Å². The Kier molecular flexibility index (Phi) is 6.84. The van der Waals surface area contributed by atoms with Crippen molar-refractivity contribution in [3.8, 4) is 5.75 Å². The summed E-state index contributed by atoms with van der Waals surface area (Å²) in [4.78, 5) is 0. The highest BCUT2D eigenvalue weighted by Gasteiger charge is 2.23.